The molecule has 120 valence electrons. The molecule has 2 unspecified atom stereocenters. The number of benzene rings is 1. The molecule has 2 aromatic heterocycles. The van der Waals surface area contributed by atoms with Crippen LogP contribution in [0.3, 0.4) is 0 Å². The zero-order valence-electron chi connectivity index (χ0n) is 13.1. The maximum atomic E-state index is 10.2. The van der Waals surface area contributed by atoms with E-state index in [0.29, 0.717) is 11.6 Å². The number of rotatable bonds is 5. The highest BCUT2D eigenvalue weighted by Crippen LogP contribution is 2.23. The van der Waals surface area contributed by atoms with Gasteiger partial charge < -0.3 is 15.0 Å². The van der Waals surface area contributed by atoms with E-state index in [-0.39, 0.29) is 6.04 Å². The topological polar surface area (TPSA) is 63.0 Å². The van der Waals surface area contributed by atoms with Crippen LogP contribution < -0.4 is 5.32 Å². The van der Waals surface area contributed by atoms with Crippen LogP contribution in [-0.4, -0.2) is 26.2 Å². The predicted octanol–water partition coefficient (Wildman–Crippen LogP) is 3.01. The fraction of sp³-hybridized carbons (Fsp3) is 0.294. The Morgan fingerprint density at radius 2 is 2.00 bits per heavy atom. The number of aliphatic hydroxyl groups is 1. The molecule has 3 rings (SSSR count). The van der Waals surface area contributed by atoms with E-state index in [1.54, 1.807) is 12.4 Å². The molecule has 2 atom stereocenters. The maximum absolute atomic E-state index is 10.2. The monoisotopic (exact) mass is 330 g/mol. The quantitative estimate of drug-likeness (QED) is 0.755. The molecule has 1 aromatic carbocycles. The average Bonchev–Trinajstić information content (AvgIpc) is 2.90. The molecule has 2 heterocycles. The van der Waals surface area contributed by atoms with E-state index >= 15 is 0 Å². The van der Waals surface area contributed by atoms with Gasteiger partial charge in [-0.1, -0.05) is 11.6 Å². The van der Waals surface area contributed by atoms with Crippen molar-refractivity contribution in [1.29, 1.82) is 0 Å². The number of aliphatic hydroxyl groups excluding tert-OH is 1. The highest BCUT2D eigenvalue weighted by atomic mass is 35.5. The van der Waals surface area contributed by atoms with Crippen molar-refractivity contribution in [2.45, 2.75) is 19.1 Å². The second-order valence-corrected chi connectivity index (χ2v) is 6.02. The molecule has 0 aliphatic heterocycles. The molecule has 0 saturated heterocycles. The number of fused-ring (bicyclic) bond motifs is 1. The smallest absolute Gasteiger partial charge is 0.126 e. The van der Waals surface area contributed by atoms with Crippen LogP contribution in [0.2, 0.25) is 5.02 Å². The first-order valence-corrected chi connectivity index (χ1v) is 7.87. The fourth-order valence-electron chi connectivity index (χ4n) is 2.65. The lowest BCUT2D eigenvalue weighted by molar-refractivity contribution is 0.170. The van der Waals surface area contributed by atoms with Crippen LogP contribution >= 0.6 is 11.6 Å². The number of halogens is 1. The minimum Gasteiger partial charge on any atom is -0.387 e. The van der Waals surface area contributed by atoms with Gasteiger partial charge in [0.25, 0.3) is 0 Å². The lowest BCUT2D eigenvalue weighted by Gasteiger charge is -2.17. The summed E-state index contributed by atoms with van der Waals surface area (Å²) in [7, 11) is 1.97. The molecule has 0 aliphatic rings. The van der Waals surface area contributed by atoms with Crippen molar-refractivity contribution in [1.82, 2.24) is 19.9 Å². The van der Waals surface area contributed by atoms with Gasteiger partial charge >= 0.3 is 0 Å². The largest absolute Gasteiger partial charge is 0.387 e. The number of aryl methyl sites for hydroxylation is 1. The molecule has 0 spiro atoms. The average molecular weight is 331 g/mol. The molecule has 0 aliphatic carbocycles. The molecular formula is C17H19ClN4O. The van der Waals surface area contributed by atoms with Gasteiger partial charge in [-0.2, -0.15) is 0 Å². The van der Waals surface area contributed by atoms with Crippen LogP contribution in [0.25, 0.3) is 11.0 Å². The highest BCUT2D eigenvalue weighted by Gasteiger charge is 2.16. The zero-order valence-corrected chi connectivity index (χ0v) is 13.8. The molecule has 0 fully saturated rings. The molecule has 2 N–H and O–H groups in total. The van der Waals surface area contributed by atoms with Crippen molar-refractivity contribution in [3.63, 3.8) is 0 Å². The first-order valence-electron chi connectivity index (χ1n) is 7.49. The van der Waals surface area contributed by atoms with Crippen LogP contribution in [0.15, 0.2) is 42.7 Å². The standard InChI is InChI=1S/C17H19ClN4O/c1-11(20-10-16(23)12-5-7-19-8-6-12)17-21-14-4-3-13(18)9-15(14)22(17)2/h3-9,11,16,20,23H,10H2,1-2H3. The van der Waals surface area contributed by atoms with Gasteiger partial charge in [0.05, 0.1) is 23.2 Å². The number of pyridine rings is 1. The summed E-state index contributed by atoms with van der Waals surface area (Å²) in [6, 6.07) is 9.29. The molecule has 5 nitrogen and oxygen atoms in total. The van der Waals surface area contributed by atoms with Gasteiger partial charge in [0.15, 0.2) is 0 Å². The summed E-state index contributed by atoms with van der Waals surface area (Å²) < 4.78 is 2.03. The summed E-state index contributed by atoms with van der Waals surface area (Å²) in [5.41, 5.74) is 2.75. The normalized spacial score (nSPS) is 14.1. The summed E-state index contributed by atoms with van der Waals surface area (Å²) in [5.74, 6) is 0.907. The van der Waals surface area contributed by atoms with Crippen LogP contribution in [0.1, 0.15) is 30.5 Å². The molecule has 0 radical (unpaired) electrons. The van der Waals surface area contributed by atoms with Crippen molar-refractivity contribution in [2.24, 2.45) is 7.05 Å². The minimum atomic E-state index is -0.579. The number of hydrogen-bond acceptors (Lipinski definition) is 4. The Morgan fingerprint density at radius 3 is 2.74 bits per heavy atom. The number of aromatic nitrogens is 3. The maximum Gasteiger partial charge on any atom is 0.126 e. The van der Waals surface area contributed by atoms with Crippen molar-refractivity contribution >= 4 is 22.6 Å². The lowest BCUT2D eigenvalue weighted by Crippen LogP contribution is -2.26. The second kappa shape index (κ2) is 6.66. The van der Waals surface area contributed by atoms with E-state index in [4.69, 9.17) is 11.6 Å². The number of hydrogen-bond donors (Lipinski definition) is 2. The lowest BCUT2D eigenvalue weighted by atomic mass is 10.1. The Kier molecular flexibility index (Phi) is 4.61. The zero-order chi connectivity index (χ0) is 16.4. The van der Waals surface area contributed by atoms with Gasteiger partial charge in [-0.05, 0) is 42.8 Å². The molecule has 0 bridgehead atoms. The fourth-order valence-corrected chi connectivity index (χ4v) is 2.82. The summed E-state index contributed by atoms with van der Waals surface area (Å²) >= 11 is 6.06. The van der Waals surface area contributed by atoms with E-state index in [2.05, 4.69) is 15.3 Å². The summed E-state index contributed by atoms with van der Waals surface area (Å²) in [6.45, 7) is 2.47. The summed E-state index contributed by atoms with van der Waals surface area (Å²) in [4.78, 5) is 8.61. The molecule has 6 heteroatoms. The predicted molar refractivity (Wildman–Crippen MR) is 91.3 cm³/mol. The molecule has 23 heavy (non-hydrogen) atoms. The van der Waals surface area contributed by atoms with Crippen molar-refractivity contribution in [3.05, 3.63) is 59.1 Å². The highest BCUT2D eigenvalue weighted by molar-refractivity contribution is 6.31. The number of nitrogens with one attached hydrogen (secondary N) is 1. The molecule has 0 saturated carbocycles. The van der Waals surface area contributed by atoms with Gasteiger partial charge in [-0.25, -0.2) is 4.98 Å². The van der Waals surface area contributed by atoms with Crippen molar-refractivity contribution < 1.29 is 5.11 Å². The Morgan fingerprint density at radius 1 is 1.26 bits per heavy atom. The van der Waals surface area contributed by atoms with E-state index < -0.39 is 6.10 Å². The first-order chi connectivity index (χ1) is 11.1. The van der Waals surface area contributed by atoms with Crippen LogP contribution in [0, 0.1) is 0 Å². The third-order valence-electron chi connectivity index (χ3n) is 3.97. The third-order valence-corrected chi connectivity index (χ3v) is 4.21. The van der Waals surface area contributed by atoms with Crippen molar-refractivity contribution in [3.8, 4) is 0 Å². The van der Waals surface area contributed by atoms with Gasteiger partial charge in [0, 0.05) is 31.0 Å². The number of imidazole rings is 1. The van der Waals surface area contributed by atoms with Gasteiger partial charge in [-0.3, -0.25) is 4.98 Å². The van der Waals surface area contributed by atoms with E-state index in [9.17, 15) is 5.11 Å². The molecule has 3 aromatic rings. The minimum absolute atomic E-state index is 0.00247. The molecular weight excluding hydrogens is 312 g/mol. The Labute approximate surface area is 140 Å². The van der Waals surface area contributed by atoms with Crippen LogP contribution in [0.5, 0.6) is 0 Å². The van der Waals surface area contributed by atoms with E-state index in [1.165, 1.54) is 0 Å². The molecule has 0 amide bonds. The van der Waals surface area contributed by atoms with E-state index in [0.717, 1.165) is 22.4 Å². The third kappa shape index (κ3) is 3.37. The Bertz CT molecular complexity index is 803. The summed E-state index contributed by atoms with van der Waals surface area (Å²) in [5, 5.41) is 14.2. The van der Waals surface area contributed by atoms with Crippen LogP contribution in [0.4, 0.5) is 0 Å². The SMILES string of the molecule is CC(NCC(O)c1ccncc1)c1nc2ccc(Cl)cc2n1C. The van der Waals surface area contributed by atoms with Gasteiger partial charge in [0.1, 0.15) is 5.82 Å². The Hall–Kier alpha value is -1.95. The van der Waals surface area contributed by atoms with Crippen molar-refractivity contribution in [2.75, 3.05) is 6.54 Å². The Balaban J connectivity index is 1.73. The number of nitrogens with zero attached hydrogens (tertiary/aromatic N) is 3. The first kappa shape index (κ1) is 15.9. The van der Waals surface area contributed by atoms with Gasteiger partial charge in [0.2, 0.25) is 0 Å². The van der Waals surface area contributed by atoms with Crippen LogP contribution in [-0.2, 0) is 7.05 Å². The second-order valence-electron chi connectivity index (χ2n) is 5.59. The van der Waals surface area contributed by atoms with Gasteiger partial charge in [-0.15, -0.1) is 0 Å². The summed E-state index contributed by atoms with van der Waals surface area (Å²) in [6.07, 6.45) is 2.78. The van der Waals surface area contributed by atoms with E-state index in [1.807, 2.05) is 48.9 Å².